The number of likely N-dealkylation sites (tertiary alicyclic amines) is 1. The van der Waals surface area contributed by atoms with Crippen molar-refractivity contribution in [3.63, 3.8) is 0 Å². The first-order valence-corrected chi connectivity index (χ1v) is 6.65. The molecule has 5 nitrogen and oxygen atoms in total. The number of hydrogen-bond acceptors (Lipinski definition) is 4. The van der Waals surface area contributed by atoms with Gasteiger partial charge in [0, 0.05) is 19.2 Å². The number of fused-ring (bicyclic) bond motifs is 1. The summed E-state index contributed by atoms with van der Waals surface area (Å²) < 4.78 is 5.55. The van der Waals surface area contributed by atoms with E-state index in [1.165, 1.54) is 0 Å². The van der Waals surface area contributed by atoms with Crippen LogP contribution >= 0.6 is 15.9 Å². The molecule has 1 amide bonds. The Morgan fingerprint density at radius 2 is 2.35 bits per heavy atom. The molecule has 0 saturated carbocycles. The summed E-state index contributed by atoms with van der Waals surface area (Å²) in [5.41, 5.74) is 0. The predicted octanol–water partition coefficient (Wildman–Crippen LogP) is 1.12. The van der Waals surface area contributed by atoms with Crippen molar-refractivity contribution in [2.24, 2.45) is 11.8 Å². The number of halogens is 1. The molecule has 2 aliphatic rings. The van der Waals surface area contributed by atoms with E-state index in [1.54, 1.807) is 6.07 Å². The Bertz CT molecular complexity index is 434. The lowest BCUT2D eigenvalue weighted by Gasteiger charge is -2.33. The van der Waals surface area contributed by atoms with Gasteiger partial charge in [-0.25, -0.2) is 0 Å². The average molecular weight is 300 g/mol. The van der Waals surface area contributed by atoms with Gasteiger partial charge in [0.15, 0.2) is 0 Å². The zero-order valence-electron chi connectivity index (χ0n) is 9.36. The van der Waals surface area contributed by atoms with Crippen molar-refractivity contribution in [1.82, 2.24) is 15.4 Å². The van der Waals surface area contributed by atoms with Gasteiger partial charge in [-0.1, -0.05) is 5.16 Å². The molecular weight excluding hydrogens is 286 g/mol. The van der Waals surface area contributed by atoms with E-state index in [9.17, 15) is 4.79 Å². The number of aromatic nitrogens is 1. The molecule has 1 aromatic heterocycles. The Hall–Kier alpha value is -0.880. The van der Waals surface area contributed by atoms with Gasteiger partial charge in [-0.2, -0.15) is 0 Å². The normalized spacial score (nSPS) is 28.2. The van der Waals surface area contributed by atoms with Crippen molar-refractivity contribution < 1.29 is 9.32 Å². The Labute approximate surface area is 108 Å². The van der Waals surface area contributed by atoms with Crippen molar-refractivity contribution >= 4 is 21.8 Å². The Morgan fingerprint density at radius 3 is 3.12 bits per heavy atom. The number of piperidine rings is 1. The lowest BCUT2D eigenvalue weighted by molar-refractivity contribution is 0.0601. The van der Waals surface area contributed by atoms with Crippen LogP contribution in [0.2, 0.25) is 0 Å². The van der Waals surface area contributed by atoms with E-state index < -0.39 is 0 Å². The fourth-order valence-corrected chi connectivity index (χ4v) is 3.01. The van der Waals surface area contributed by atoms with Gasteiger partial charge in [0.2, 0.25) is 5.76 Å². The van der Waals surface area contributed by atoms with E-state index in [0.29, 0.717) is 16.3 Å². The van der Waals surface area contributed by atoms with Gasteiger partial charge in [0.1, 0.15) is 4.60 Å². The molecule has 0 radical (unpaired) electrons. The molecule has 17 heavy (non-hydrogen) atoms. The first kappa shape index (κ1) is 11.2. The SMILES string of the molecule is O=C(c1cc(Br)no1)N1CCC2CNCC2C1. The van der Waals surface area contributed by atoms with Gasteiger partial charge in [0.05, 0.1) is 0 Å². The molecule has 2 saturated heterocycles. The molecule has 0 bridgehead atoms. The maximum absolute atomic E-state index is 12.2. The number of hydrogen-bond donors (Lipinski definition) is 1. The van der Waals surface area contributed by atoms with Crippen LogP contribution in [0.1, 0.15) is 17.0 Å². The third-order valence-corrected chi connectivity index (χ3v) is 4.06. The second-order valence-electron chi connectivity index (χ2n) is 4.73. The molecule has 1 N–H and O–H groups in total. The van der Waals surface area contributed by atoms with Gasteiger partial charge in [-0.15, -0.1) is 0 Å². The molecule has 2 aliphatic heterocycles. The standard InChI is InChI=1S/C11H14BrN3O2/c12-10-3-9(17-14-10)11(16)15-2-1-7-4-13-5-8(7)6-15/h3,7-8,13H,1-2,4-6H2. The number of amides is 1. The Morgan fingerprint density at radius 1 is 1.53 bits per heavy atom. The van der Waals surface area contributed by atoms with E-state index in [2.05, 4.69) is 26.4 Å². The molecule has 6 heteroatoms. The molecular formula is C11H14BrN3O2. The summed E-state index contributed by atoms with van der Waals surface area (Å²) in [5, 5.41) is 7.07. The smallest absolute Gasteiger partial charge is 0.292 e. The first-order valence-electron chi connectivity index (χ1n) is 5.86. The van der Waals surface area contributed by atoms with E-state index >= 15 is 0 Å². The molecule has 2 atom stereocenters. The van der Waals surface area contributed by atoms with Crippen LogP contribution in [-0.2, 0) is 0 Å². The average Bonchev–Trinajstić information content (AvgIpc) is 2.95. The molecule has 0 aromatic carbocycles. The number of nitrogens with zero attached hydrogens (tertiary/aromatic N) is 2. The van der Waals surface area contributed by atoms with Gasteiger partial charge in [-0.3, -0.25) is 4.79 Å². The zero-order chi connectivity index (χ0) is 11.8. The number of rotatable bonds is 1. The third-order valence-electron chi connectivity index (χ3n) is 3.68. The van der Waals surface area contributed by atoms with Crippen LogP contribution in [0, 0.1) is 11.8 Å². The van der Waals surface area contributed by atoms with Crippen LogP contribution in [0.4, 0.5) is 0 Å². The quantitative estimate of drug-likeness (QED) is 0.844. The summed E-state index contributed by atoms with van der Waals surface area (Å²) in [6, 6.07) is 1.63. The number of carbonyl (C=O) groups excluding carboxylic acids is 1. The lowest BCUT2D eigenvalue weighted by atomic mass is 9.88. The van der Waals surface area contributed by atoms with Gasteiger partial charge in [0.25, 0.3) is 5.91 Å². The first-order chi connectivity index (χ1) is 8.24. The van der Waals surface area contributed by atoms with Crippen molar-refractivity contribution in [3.8, 4) is 0 Å². The van der Waals surface area contributed by atoms with Crippen LogP contribution in [0.5, 0.6) is 0 Å². The minimum Gasteiger partial charge on any atom is -0.350 e. The van der Waals surface area contributed by atoms with E-state index in [-0.39, 0.29) is 5.91 Å². The summed E-state index contributed by atoms with van der Waals surface area (Å²) >= 11 is 3.18. The maximum Gasteiger partial charge on any atom is 0.292 e. The van der Waals surface area contributed by atoms with Crippen LogP contribution in [-0.4, -0.2) is 42.1 Å². The Balaban J connectivity index is 1.70. The molecule has 2 fully saturated rings. The fraction of sp³-hybridized carbons (Fsp3) is 0.636. The van der Waals surface area contributed by atoms with Crippen molar-refractivity contribution in [2.75, 3.05) is 26.2 Å². The highest BCUT2D eigenvalue weighted by Gasteiger charge is 2.35. The number of nitrogens with one attached hydrogen (secondary N) is 1. The summed E-state index contributed by atoms with van der Waals surface area (Å²) in [6.07, 6.45) is 1.08. The van der Waals surface area contributed by atoms with Crippen LogP contribution in [0.25, 0.3) is 0 Å². The monoisotopic (exact) mass is 299 g/mol. The van der Waals surface area contributed by atoms with Crippen molar-refractivity contribution in [1.29, 1.82) is 0 Å². The molecule has 3 rings (SSSR count). The summed E-state index contributed by atoms with van der Waals surface area (Å²) in [7, 11) is 0. The second-order valence-corrected chi connectivity index (χ2v) is 5.54. The topological polar surface area (TPSA) is 58.4 Å². The van der Waals surface area contributed by atoms with Crippen LogP contribution < -0.4 is 5.32 Å². The van der Waals surface area contributed by atoms with Crippen molar-refractivity contribution in [2.45, 2.75) is 6.42 Å². The second kappa shape index (κ2) is 4.42. The largest absolute Gasteiger partial charge is 0.350 e. The minimum atomic E-state index is -0.0476. The van der Waals surface area contributed by atoms with Crippen LogP contribution in [0.15, 0.2) is 15.2 Å². The third kappa shape index (κ3) is 2.11. The fourth-order valence-electron chi connectivity index (χ4n) is 2.73. The molecule has 0 spiro atoms. The molecule has 2 unspecified atom stereocenters. The number of carbonyl (C=O) groups is 1. The summed E-state index contributed by atoms with van der Waals surface area (Å²) in [5.74, 6) is 1.61. The molecule has 0 aliphatic carbocycles. The van der Waals surface area contributed by atoms with Gasteiger partial charge < -0.3 is 14.7 Å². The summed E-state index contributed by atoms with van der Waals surface area (Å²) in [4.78, 5) is 14.0. The highest BCUT2D eigenvalue weighted by Crippen LogP contribution is 2.27. The lowest BCUT2D eigenvalue weighted by Crippen LogP contribution is -2.43. The highest BCUT2D eigenvalue weighted by molar-refractivity contribution is 9.10. The molecule has 1 aromatic rings. The van der Waals surface area contributed by atoms with Gasteiger partial charge in [-0.05, 0) is 47.3 Å². The molecule has 3 heterocycles. The highest BCUT2D eigenvalue weighted by atomic mass is 79.9. The Kier molecular flexibility index (Phi) is 2.92. The van der Waals surface area contributed by atoms with E-state index in [4.69, 9.17) is 4.52 Å². The van der Waals surface area contributed by atoms with Crippen molar-refractivity contribution in [3.05, 3.63) is 16.4 Å². The maximum atomic E-state index is 12.2. The predicted molar refractivity (Wildman–Crippen MR) is 64.6 cm³/mol. The van der Waals surface area contributed by atoms with Crippen LogP contribution in [0.3, 0.4) is 0 Å². The minimum absolute atomic E-state index is 0.0476. The molecule has 92 valence electrons. The van der Waals surface area contributed by atoms with E-state index in [1.807, 2.05) is 4.90 Å². The zero-order valence-corrected chi connectivity index (χ0v) is 10.9. The summed E-state index contributed by atoms with van der Waals surface area (Å²) in [6.45, 7) is 3.77. The van der Waals surface area contributed by atoms with E-state index in [0.717, 1.165) is 38.5 Å². The van der Waals surface area contributed by atoms with Gasteiger partial charge >= 0.3 is 0 Å².